The fourth-order valence-electron chi connectivity index (χ4n) is 4.51. The third kappa shape index (κ3) is 4.53. The predicted octanol–water partition coefficient (Wildman–Crippen LogP) is -0.589. The minimum atomic E-state index is -0.244. The smallest absolute Gasteiger partial charge is 0.261 e. The number of benzene rings is 1. The molecule has 0 radical (unpaired) electrons. The number of hydrogen-bond acceptors (Lipinski definition) is 5. The molecular weight excluding hydrogens is 372 g/mol. The largest absolute Gasteiger partial charge is 0.497 e. The number of nitrogens with one attached hydrogen (secondary N) is 2. The molecule has 3 heterocycles. The van der Waals surface area contributed by atoms with E-state index in [0.717, 1.165) is 37.5 Å². The van der Waals surface area contributed by atoms with E-state index in [0.29, 0.717) is 32.2 Å². The van der Waals surface area contributed by atoms with Gasteiger partial charge in [-0.05, 0) is 36.4 Å². The molecule has 0 saturated carbocycles. The molecule has 2 atom stereocenters. The summed E-state index contributed by atoms with van der Waals surface area (Å²) in [6, 6.07) is 11.5. The number of methoxy groups -OCH3 is 1. The van der Waals surface area contributed by atoms with Gasteiger partial charge in [0, 0.05) is 5.56 Å². The number of morpholine rings is 2. The summed E-state index contributed by atoms with van der Waals surface area (Å²) >= 11 is 0. The van der Waals surface area contributed by atoms with Crippen molar-refractivity contribution >= 4 is 5.78 Å². The lowest BCUT2D eigenvalue weighted by Gasteiger charge is -2.39. The first-order valence-corrected chi connectivity index (χ1v) is 10.3. The summed E-state index contributed by atoms with van der Waals surface area (Å²) in [6.45, 7) is 6.15. The third-order valence-electron chi connectivity index (χ3n) is 6.00. The number of furan rings is 1. The standard InChI is InChI=1S/C22H28N2O5/c1-26-18-6-4-17(5-7-18)20(23-8-13-27-14-9-23)21(24-10-15-28-16-11-24)22(25)19-3-2-12-29-19/h2-7,12,20-21H,8-11,13-16H2,1H3/p+2/t20-,21+/m0/s1. The van der Waals surface area contributed by atoms with Crippen molar-refractivity contribution < 1.29 is 33.2 Å². The van der Waals surface area contributed by atoms with E-state index in [9.17, 15) is 4.79 Å². The molecule has 1 aromatic carbocycles. The summed E-state index contributed by atoms with van der Waals surface area (Å²) in [7, 11) is 1.67. The van der Waals surface area contributed by atoms with Gasteiger partial charge in [-0.15, -0.1) is 0 Å². The predicted molar refractivity (Wildman–Crippen MR) is 106 cm³/mol. The highest BCUT2D eigenvalue weighted by Gasteiger charge is 2.46. The van der Waals surface area contributed by atoms with E-state index >= 15 is 0 Å². The Labute approximate surface area is 171 Å². The topological polar surface area (TPSA) is 66.8 Å². The number of quaternary nitrogens is 2. The number of hydrogen-bond donors (Lipinski definition) is 2. The van der Waals surface area contributed by atoms with Crippen molar-refractivity contribution in [3.8, 4) is 5.75 Å². The molecule has 1 aromatic heterocycles. The molecule has 156 valence electrons. The molecule has 0 unspecified atom stereocenters. The van der Waals surface area contributed by atoms with Gasteiger partial charge in [0.25, 0.3) is 5.78 Å². The summed E-state index contributed by atoms with van der Waals surface area (Å²) in [4.78, 5) is 16.3. The van der Waals surface area contributed by atoms with Crippen LogP contribution in [0.1, 0.15) is 22.2 Å². The fraction of sp³-hybridized carbons (Fsp3) is 0.500. The van der Waals surface area contributed by atoms with Crippen LogP contribution in [0.5, 0.6) is 5.75 Å². The van der Waals surface area contributed by atoms with Crippen molar-refractivity contribution in [3.05, 3.63) is 54.0 Å². The van der Waals surface area contributed by atoms with Gasteiger partial charge in [-0.1, -0.05) is 0 Å². The number of rotatable bonds is 7. The molecule has 29 heavy (non-hydrogen) atoms. The molecule has 2 fully saturated rings. The lowest BCUT2D eigenvalue weighted by Crippen LogP contribution is -3.25. The normalized spacial score (nSPS) is 20.9. The van der Waals surface area contributed by atoms with Crippen LogP contribution in [0.3, 0.4) is 0 Å². The Bertz CT molecular complexity index is 765. The minimum absolute atomic E-state index is 0.00973. The molecule has 0 bridgehead atoms. The van der Waals surface area contributed by atoms with Crippen molar-refractivity contribution in [1.82, 2.24) is 0 Å². The fourth-order valence-corrected chi connectivity index (χ4v) is 4.51. The number of Topliss-reactive ketones (excluding diaryl/α,β-unsaturated/α-hetero) is 1. The Morgan fingerprint density at radius 1 is 0.931 bits per heavy atom. The molecule has 0 aliphatic carbocycles. The molecule has 0 spiro atoms. The van der Waals surface area contributed by atoms with Crippen LogP contribution in [-0.4, -0.2) is 71.5 Å². The average molecular weight is 402 g/mol. The lowest BCUT2D eigenvalue weighted by molar-refractivity contribution is -0.999. The average Bonchev–Trinajstić information content (AvgIpc) is 3.33. The van der Waals surface area contributed by atoms with Gasteiger partial charge in [-0.2, -0.15) is 0 Å². The van der Waals surface area contributed by atoms with Crippen LogP contribution in [0.4, 0.5) is 0 Å². The molecule has 2 aliphatic heterocycles. The number of ether oxygens (including phenoxy) is 3. The first-order valence-electron chi connectivity index (χ1n) is 10.3. The van der Waals surface area contributed by atoms with Gasteiger partial charge < -0.3 is 28.4 Å². The summed E-state index contributed by atoms with van der Waals surface area (Å²) in [5.41, 5.74) is 1.14. The first kappa shape index (κ1) is 20.1. The van der Waals surface area contributed by atoms with Gasteiger partial charge in [0.2, 0.25) is 6.04 Å². The van der Waals surface area contributed by atoms with Gasteiger partial charge in [0.05, 0.1) is 39.8 Å². The first-order chi connectivity index (χ1) is 14.3. The van der Waals surface area contributed by atoms with E-state index in [1.165, 1.54) is 9.80 Å². The van der Waals surface area contributed by atoms with E-state index < -0.39 is 0 Å². The SMILES string of the molecule is COc1ccc([C@@H]([C@H](C(=O)c2ccco2)[NH+]2CCOCC2)[NH+]2CCOCC2)cc1. The van der Waals surface area contributed by atoms with Crippen LogP contribution in [0.15, 0.2) is 47.1 Å². The molecule has 2 saturated heterocycles. The zero-order valence-electron chi connectivity index (χ0n) is 16.9. The van der Waals surface area contributed by atoms with Gasteiger partial charge in [-0.3, -0.25) is 4.79 Å². The molecule has 2 N–H and O–H groups in total. The maximum Gasteiger partial charge on any atom is 0.261 e. The summed E-state index contributed by atoms with van der Waals surface area (Å²) in [6.07, 6.45) is 1.57. The van der Waals surface area contributed by atoms with E-state index in [1.54, 1.807) is 25.5 Å². The van der Waals surface area contributed by atoms with Crippen LogP contribution in [0.2, 0.25) is 0 Å². The summed E-state index contributed by atoms with van der Waals surface area (Å²) in [5, 5.41) is 0. The molecule has 4 rings (SSSR count). The van der Waals surface area contributed by atoms with Crippen molar-refractivity contribution in [1.29, 1.82) is 0 Å². The Morgan fingerprint density at radius 3 is 2.10 bits per heavy atom. The zero-order chi connectivity index (χ0) is 20.1. The van der Waals surface area contributed by atoms with E-state index in [-0.39, 0.29) is 17.9 Å². The van der Waals surface area contributed by atoms with E-state index in [4.69, 9.17) is 18.6 Å². The second-order valence-corrected chi connectivity index (χ2v) is 7.61. The summed E-state index contributed by atoms with van der Waals surface area (Å²) < 4.78 is 22.1. The maximum absolute atomic E-state index is 13.7. The third-order valence-corrected chi connectivity index (χ3v) is 6.00. The quantitative estimate of drug-likeness (QED) is 0.606. The Morgan fingerprint density at radius 2 is 1.55 bits per heavy atom. The van der Waals surface area contributed by atoms with Crippen LogP contribution >= 0.6 is 0 Å². The maximum atomic E-state index is 13.7. The van der Waals surface area contributed by atoms with Crippen LogP contribution < -0.4 is 14.5 Å². The van der Waals surface area contributed by atoms with E-state index in [2.05, 4.69) is 12.1 Å². The van der Waals surface area contributed by atoms with Crippen molar-refractivity contribution in [2.24, 2.45) is 0 Å². The molecule has 2 aromatic rings. The second kappa shape index (κ2) is 9.54. The van der Waals surface area contributed by atoms with Crippen LogP contribution in [0, 0.1) is 0 Å². The number of carbonyl (C=O) groups excluding carboxylic acids is 1. The summed E-state index contributed by atoms with van der Waals surface area (Å²) in [5.74, 6) is 1.31. The molecule has 0 amide bonds. The highest BCUT2D eigenvalue weighted by Crippen LogP contribution is 2.20. The highest BCUT2D eigenvalue weighted by atomic mass is 16.5. The second-order valence-electron chi connectivity index (χ2n) is 7.61. The lowest BCUT2D eigenvalue weighted by atomic mass is 9.91. The molecule has 7 nitrogen and oxygen atoms in total. The Hall–Kier alpha value is -2.19. The van der Waals surface area contributed by atoms with Crippen molar-refractivity contribution in [2.45, 2.75) is 12.1 Å². The molecule has 7 heteroatoms. The van der Waals surface area contributed by atoms with Gasteiger partial charge >= 0.3 is 0 Å². The Kier molecular flexibility index (Phi) is 6.61. The molecular formula is C22H30N2O5+2. The highest BCUT2D eigenvalue weighted by molar-refractivity contribution is 5.97. The number of ketones is 1. The minimum Gasteiger partial charge on any atom is -0.497 e. The van der Waals surface area contributed by atoms with Crippen LogP contribution in [-0.2, 0) is 9.47 Å². The van der Waals surface area contributed by atoms with Crippen molar-refractivity contribution in [3.63, 3.8) is 0 Å². The van der Waals surface area contributed by atoms with Gasteiger partial charge in [0.1, 0.15) is 31.9 Å². The number of carbonyl (C=O) groups is 1. The van der Waals surface area contributed by atoms with Gasteiger partial charge in [0.15, 0.2) is 11.8 Å². The van der Waals surface area contributed by atoms with E-state index in [1.807, 2.05) is 12.1 Å². The van der Waals surface area contributed by atoms with Crippen LogP contribution in [0.25, 0.3) is 0 Å². The zero-order valence-corrected chi connectivity index (χ0v) is 16.9. The van der Waals surface area contributed by atoms with Gasteiger partial charge in [-0.25, -0.2) is 0 Å². The van der Waals surface area contributed by atoms with Crippen molar-refractivity contribution in [2.75, 3.05) is 59.7 Å². The monoisotopic (exact) mass is 402 g/mol. The Balaban J connectivity index is 1.74. The molecule has 2 aliphatic rings.